The summed E-state index contributed by atoms with van der Waals surface area (Å²) in [6.45, 7) is 3.73. The van der Waals surface area contributed by atoms with E-state index in [1.54, 1.807) is 30.3 Å². The molecule has 0 atom stereocenters. The standard InChI is InChI=1S/C23H22N2O3S/c1-3-17-10-13-21-20(14-17)19-6-4-5-7-22(19)29(27,28)25(21)15-23(26)24-18-11-8-16(2)9-12-18/h4-14H,3,15H2,1-2H3,(H,24,26). The van der Waals surface area contributed by atoms with Crippen LogP contribution in [-0.2, 0) is 21.2 Å². The lowest BCUT2D eigenvalue weighted by atomic mass is 9.99. The van der Waals surface area contributed by atoms with E-state index in [1.807, 2.05) is 43.3 Å². The quantitative estimate of drug-likeness (QED) is 0.700. The molecule has 6 heteroatoms. The lowest BCUT2D eigenvalue weighted by Gasteiger charge is -2.32. The Kier molecular flexibility index (Phi) is 4.88. The van der Waals surface area contributed by atoms with E-state index in [0.717, 1.165) is 23.1 Å². The number of hydrogen-bond acceptors (Lipinski definition) is 3. The molecule has 5 nitrogen and oxygen atoms in total. The van der Waals surface area contributed by atoms with Gasteiger partial charge in [-0.25, -0.2) is 8.42 Å². The maximum Gasteiger partial charge on any atom is 0.265 e. The highest BCUT2D eigenvalue weighted by Gasteiger charge is 2.35. The number of carbonyl (C=O) groups excluding carboxylic acids is 1. The second-order valence-electron chi connectivity index (χ2n) is 7.13. The largest absolute Gasteiger partial charge is 0.325 e. The molecule has 0 fully saturated rings. The minimum Gasteiger partial charge on any atom is -0.325 e. The number of nitrogens with one attached hydrogen (secondary N) is 1. The Hall–Kier alpha value is -3.12. The van der Waals surface area contributed by atoms with Crippen molar-refractivity contribution < 1.29 is 13.2 Å². The minimum atomic E-state index is -3.84. The Balaban J connectivity index is 1.73. The van der Waals surface area contributed by atoms with Crippen molar-refractivity contribution in [3.63, 3.8) is 0 Å². The summed E-state index contributed by atoms with van der Waals surface area (Å²) in [6.07, 6.45) is 0.843. The van der Waals surface area contributed by atoms with Crippen LogP contribution in [0, 0.1) is 6.92 Å². The van der Waals surface area contributed by atoms with Crippen molar-refractivity contribution >= 4 is 27.3 Å². The van der Waals surface area contributed by atoms with Gasteiger partial charge >= 0.3 is 0 Å². The van der Waals surface area contributed by atoms with E-state index in [4.69, 9.17) is 0 Å². The number of hydrogen-bond donors (Lipinski definition) is 1. The van der Waals surface area contributed by atoms with Gasteiger partial charge in [-0.05, 0) is 49.2 Å². The normalized spacial score (nSPS) is 14.1. The Morgan fingerprint density at radius 2 is 1.69 bits per heavy atom. The van der Waals surface area contributed by atoms with E-state index < -0.39 is 10.0 Å². The Bertz CT molecular complexity index is 1180. The first kappa shape index (κ1) is 19.2. The van der Waals surface area contributed by atoms with Gasteiger partial charge in [0.25, 0.3) is 10.0 Å². The number of rotatable bonds is 4. The number of aryl methyl sites for hydroxylation is 2. The molecule has 1 aliphatic heterocycles. The van der Waals surface area contributed by atoms with Crippen molar-refractivity contribution in [1.82, 2.24) is 0 Å². The van der Waals surface area contributed by atoms with Crippen molar-refractivity contribution in [2.24, 2.45) is 0 Å². The summed E-state index contributed by atoms with van der Waals surface area (Å²) in [7, 11) is -3.84. The van der Waals surface area contributed by atoms with Crippen LogP contribution in [0.4, 0.5) is 11.4 Å². The third-order valence-electron chi connectivity index (χ3n) is 5.11. The van der Waals surface area contributed by atoms with E-state index in [2.05, 4.69) is 12.2 Å². The highest BCUT2D eigenvalue weighted by atomic mass is 32.2. The Labute approximate surface area is 171 Å². The van der Waals surface area contributed by atoms with Gasteiger partial charge in [0.1, 0.15) is 6.54 Å². The number of amides is 1. The zero-order valence-corrected chi connectivity index (χ0v) is 17.2. The fourth-order valence-corrected chi connectivity index (χ4v) is 5.19. The van der Waals surface area contributed by atoms with Crippen LogP contribution in [0.15, 0.2) is 71.6 Å². The Morgan fingerprint density at radius 1 is 0.966 bits per heavy atom. The maximum absolute atomic E-state index is 13.3. The van der Waals surface area contributed by atoms with Gasteiger partial charge in [0, 0.05) is 16.8 Å². The van der Waals surface area contributed by atoms with Crippen LogP contribution in [0.2, 0.25) is 0 Å². The number of benzene rings is 3. The van der Waals surface area contributed by atoms with Crippen molar-refractivity contribution in [1.29, 1.82) is 0 Å². The molecule has 148 valence electrons. The molecular weight excluding hydrogens is 384 g/mol. The molecule has 0 aromatic heterocycles. The number of sulfonamides is 1. The van der Waals surface area contributed by atoms with Gasteiger partial charge in [-0.15, -0.1) is 0 Å². The van der Waals surface area contributed by atoms with Crippen LogP contribution in [0.3, 0.4) is 0 Å². The molecule has 0 saturated carbocycles. The number of fused-ring (bicyclic) bond motifs is 3. The average Bonchev–Trinajstić information content (AvgIpc) is 2.72. The van der Waals surface area contributed by atoms with Crippen LogP contribution >= 0.6 is 0 Å². The van der Waals surface area contributed by atoms with Crippen LogP contribution in [0.5, 0.6) is 0 Å². The molecule has 0 spiro atoms. The molecule has 1 amide bonds. The molecule has 1 heterocycles. The van der Waals surface area contributed by atoms with Gasteiger partial charge in [-0.3, -0.25) is 9.10 Å². The number of carbonyl (C=O) groups is 1. The molecule has 0 radical (unpaired) electrons. The molecule has 4 rings (SSSR count). The summed E-state index contributed by atoms with van der Waals surface area (Å²) in [5.74, 6) is -0.387. The highest BCUT2D eigenvalue weighted by Crippen LogP contribution is 2.43. The molecular formula is C23H22N2O3S. The van der Waals surface area contributed by atoms with Crippen molar-refractivity contribution in [3.05, 3.63) is 77.9 Å². The molecule has 29 heavy (non-hydrogen) atoms. The Morgan fingerprint density at radius 3 is 2.41 bits per heavy atom. The van der Waals surface area contributed by atoms with Gasteiger partial charge in [-0.1, -0.05) is 48.9 Å². The van der Waals surface area contributed by atoms with Gasteiger partial charge in [0.2, 0.25) is 5.91 Å². The predicted octanol–water partition coefficient (Wildman–Crippen LogP) is 4.37. The van der Waals surface area contributed by atoms with Gasteiger partial charge < -0.3 is 5.32 Å². The monoisotopic (exact) mass is 406 g/mol. The molecule has 0 unspecified atom stereocenters. The summed E-state index contributed by atoms with van der Waals surface area (Å²) >= 11 is 0. The minimum absolute atomic E-state index is 0.226. The summed E-state index contributed by atoms with van der Waals surface area (Å²) < 4.78 is 27.8. The molecule has 3 aromatic carbocycles. The maximum atomic E-state index is 13.3. The first-order valence-electron chi connectivity index (χ1n) is 9.51. The van der Waals surface area contributed by atoms with E-state index in [0.29, 0.717) is 16.9 Å². The summed E-state index contributed by atoms with van der Waals surface area (Å²) in [5, 5.41) is 2.79. The van der Waals surface area contributed by atoms with Gasteiger partial charge in [0.15, 0.2) is 0 Å². The first-order chi connectivity index (χ1) is 13.9. The van der Waals surface area contributed by atoms with E-state index >= 15 is 0 Å². The van der Waals surface area contributed by atoms with Gasteiger partial charge in [-0.2, -0.15) is 0 Å². The lowest BCUT2D eigenvalue weighted by molar-refractivity contribution is -0.114. The lowest BCUT2D eigenvalue weighted by Crippen LogP contribution is -2.40. The van der Waals surface area contributed by atoms with E-state index in [-0.39, 0.29) is 17.3 Å². The zero-order chi connectivity index (χ0) is 20.6. The first-order valence-corrected chi connectivity index (χ1v) is 11.0. The number of nitrogens with zero attached hydrogens (tertiary/aromatic N) is 1. The molecule has 1 N–H and O–H groups in total. The van der Waals surface area contributed by atoms with Crippen molar-refractivity contribution in [2.75, 3.05) is 16.2 Å². The average molecular weight is 407 g/mol. The third kappa shape index (κ3) is 3.51. The van der Waals surface area contributed by atoms with Gasteiger partial charge in [0.05, 0.1) is 10.6 Å². The summed E-state index contributed by atoms with van der Waals surface area (Å²) in [6, 6.07) is 20.0. The summed E-state index contributed by atoms with van der Waals surface area (Å²) in [4.78, 5) is 12.9. The van der Waals surface area contributed by atoms with Crippen LogP contribution in [0.25, 0.3) is 11.1 Å². The molecule has 0 aliphatic carbocycles. The van der Waals surface area contributed by atoms with E-state index in [9.17, 15) is 13.2 Å². The van der Waals surface area contributed by atoms with Crippen LogP contribution in [-0.4, -0.2) is 20.9 Å². The fourth-order valence-electron chi connectivity index (χ4n) is 3.54. The zero-order valence-electron chi connectivity index (χ0n) is 16.3. The second-order valence-corrected chi connectivity index (χ2v) is 8.96. The molecule has 1 aliphatic rings. The summed E-state index contributed by atoms with van der Waals surface area (Å²) in [5.41, 5.74) is 4.86. The smallest absolute Gasteiger partial charge is 0.265 e. The number of anilines is 2. The van der Waals surface area contributed by atoms with Crippen molar-refractivity contribution in [2.45, 2.75) is 25.2 Å². The SMILES string of the molecule is CCc1ccc2c(c1)-c1ccccc1S(=O)(=O)N2CC(=O)Nc1ccc(C)cc1. The topological polar surface area (TPSA) is 66.5 Å². The van der Waals surface area contributed by atoms with Crippen LogP contribution < -0.4 is 9.62 Å². The fraction of sp³-hybridized carbons (Fsp3) is 0.174. The van der Waals surface area contributed by atoms with E-state index in [1.165, 1.54) is 4.31 Å². The molecule has 3 aromatic rings. The second kappa shape index (κ2) is 7.37. The van der Waals surface area contributed by atoms with Crippen molar-refractivity contribution in [3.8, 4) is 11.1 Å². The highest BCUT2D eigenvalue weighted by molar-refractivity contribution is 7.93. The molecule has 0 bridgehead atoms. The predicted molar refractivity (Wildman–Crippen MR) is 116 cm³/mol. The van der Waals surface area contributed by atoms with Crippen LogP contribution in [0.1, 0.15) is 18.1 Å². The third-order valence-corrected chi connectivity index (χ3v) is 6.92. The molecule has 0 saturated heterocycles.